The summed E-state index contributed by atoms with van der Waals surface area (Å²) in [5.41, 5.74) is 3.94. The summed E-state index contributed by atoms with van der Waals surface area (Å²) in [5.74, 6) is 8.22. The Morgan fingerprint density at radius 1 is 1.30 bits per heavy atom. The summed E-state index contributed by atoms with van der Waals surface area (Å²) in [4.78, 5) is 0. The molecule has 2 nitrogen and oxygen atoms in total. The molecule has 2 aliphatic carbocycles. The first-order valence-electron chi connectivity index (χ1n) is 7.55. The average Bonchev–Trinajstić information content (AvgIpc) is 2.99. The van der Waals surface area contributed by atoms with Gasteiger partial charge >= 0.3 is 0 Å². The van der Waals surface area contributed by atoms with Gasteiger partial charge in [0.05, 0.1) is 0 Å². The molecular formula is C16H22BrFN2. The second-order valence-corrected chi connectivity index (χ2v) is 7.43. The minimum Gasteiger partial charge on any atom is -0.271 e. The Hall–Kier alpha value is -0.450. The minimum absolute atomic E-state index is 0.190. The highest BCUT2D eigenvalue weighted by atomic mass is 79.9. The van der Waals surface area contributed by atoms with Crippen molar-refractivity contribution in [3.8, 4) is 0 Å². The zero-order chi connectivity index (χ0) is 14.1. The Morgan fingerprint density at radius 3 is 2.75 bits per heavy atom. The molecule has 0 radical (unpaired) electrons. The van der Waals surface area contributed by atoms with E-state index in [0.29, 0.717) is 0 Å². The van der Waals surface area contributed by atoms with E-state index in [1.807, 2.05) is 6.07 Å². The maximum absolute atomic E-state index is 13.4. The maximum atomic E-state index is 13.4. The van der Waals surface area contributed by atoms with Gasteiger partial charge in [-0.15, -0.1) is 0 Å². The smallest absolute Gasteiger partial charge is 0.124 e. The molecule has 4 unspecified atom stereocenters. The number of hydrazine groups is 1. The molecule has 4 heteroatoms. The van der Waals surface area contributed by atoms with Gasteiger partial charge in [-0.25, -0.2) is 4.39 Å². The van der Waals surface area contributed by atoms with Crippen LogP contribution in [0.1, 0.15) is 37.7 Å². The van der Waals surface area contributed by atoms with E-state index < -0.39 is 0 Å². The lowest BCUT2D eigenvalue weighted by molar-refractivity contribution is 0.277. The van der Waals surface area contributed by atoms with E-state index >= 15 is 0 Å². The first kappa shape index (κ1) is 14.5. The fraction of sp³-hybridized carbons (Fsp3) is 0.625. The molecule has 0 amide bonds. The van der Waals surface area contributed by atoms with Crippen LogP contribution in [-0.4, -0.2) is 6.04 Å². The number of hydrogen-bond acceptors (Lipinski definition) is 2. The Labute approximate surface area is 128 Å². The van der Waals surface area contributed by atoms with Crippen molar-refractivity contribution in [2.45, 2.75) is 44.6 Å². The van der Waals surface area contributed by atoms with Crippen LogP contribution in [0.5, 0.6) is 0 Å². The summed E-state index contributed by atoms with van der Waals surface area (Å²) in [5, 5.41) is 0. The lowest BCUT2D eigenvalue weighted by Crippen LogP contribution is -2.39. The summed E-state index contributed by atoms with van der Waals surface area (Å²) >= 11 is 3.35. The van der Waals surface area contributed by atoms with Crippen molar-refractivity contribution in [1.82, 2.24) is 5.43 Å². The molecule has 0 saturated heterocycles. The molecule has 2 saturated carbocycles. The first-order valence-corrected chi connectivity index (χ1v) is 8.34. The number of nitrogens with two attached hydrogens (primary N) is 1. The molecule has 20 heavy (non-hydrogen) atoms. The number of fused-ring (bicyclic) bond motifs is 2. The van der Waals surface area contributed by atoms with Gasteiger partial charge in [0.15, 0.2) is 0 Å². The van der Waals surface area contributed by atoms with E-state index in [9.17, 15) is 4.39 Å². The lowest BCUT2D eigenvalue weighted by atomic mass is 9.83. The molecule has 4 atom stereocenters. The van der Waals surface area contributed by atoms with Crippen LogP contribution in [0.2, 0.25) is 0 Å². The summed E-state index contributed by atoms with van der Waals surface area (Å²) in [6.45, 7) is 0. The fourth-order valence-electron chi connectivity index (χ4n) is 4.25. The highest BCUT2D eigenvalue weighted by molar-refractivity contribution is 9.10. The fourth-order valence-corrected chi connectivity index (χ4v) is 4.77. The summed E-state index contributed by atoms with van der Waals surface area (Å²) in [7, 11) is 0. The van der Waals surface area contributed by atoms with Crippen molar-refractivity contribution in [2.75, 3.05) is 0 Å². The van der Waals surface area contributed by atoms with Gasteiger partial charge < -0.3 is 0 Å². The van der Waals surface area contributed by atoms with E-state index in [1.165, 1.54) is 31.7 Å². The van der Waals surface area contributed by atoms with Crippen molar-refractivity contribution < 1.29 is 4.39 Å². The van der Waals surface area contributed by atoms with Crippen molar-refractivity contribution in [3.63, 3.8) is 0 Å². The second-order valence-electron chi connectivity index (χ2n) is 6.52. The molecule has 0 heterocycles. The molecule has 2 aliphatic rings. The van der Waals surface area contributed by atoms with Crippen LogP contribution in [0.3, 0.4) is 0 Å². The Kier molecular flexibility index (Phi) is 4.43. The molecule has 1 aromatic rings. The topological polar surface area (TPSA) is 38.0 Å². The Bertz CT molecular complexity index is 459. The molecule has 2 fully saturated rings. The summed E-state index contributed by atoms with van der Waals surface area (Å²) < 4.78 is 14.2. The second kappa shape index (κ2) is 6.12. The molecule has 3 N–H and O–H groups in total. The number of rotatable bonds is 5. The predicted octanol–water partition coefficient (Wildman–Crippen LogP) is 3.79. The number of nitrogens with one attached hydrogen (secondary N) is 1. The van der Waals surface area contributed by atoms with Gasteiger partial charge in [-0.3, -0.25) is 11.3 Å². The molecule has 0 aliphatic heterocycles. The number of benzene rings is 1. The predicted molar refractivity (Wildman–Crippen MR) is 82.5 cm³/mol. The van der Waals surface area contributed by atoms with E-state index in [4.69, 9.17) is 5.84 Å². The van der Waals surface area contributed by atoms with Crippen LogP contribution in [0.25, 0.3) is 0 Å². The first-order chi connectivity index (χ1) is 9.64. The van der Waals surface area contributed by atoms with Crippen LogP contribution >= 0.6 is 15.9 Å². The van der Waals surface area contributed by atoms with Crippen molar-refractivity contribution in [3.05, 3.63) is 34.1 Å². The van der Waals surface area contributed by atoms with Gasteiger partial charge in [0.1, 0.15) is 5.82 Å². The van der Waals surface area contributed by atoms with E-state index in [2.05, 4.69) is 21.4 Å². The minimum atomic E-state index is -0.190. The van der Waals surface area contributed by atoms with Gasteiger partial charge in [0.25, 0.3) is 0 Å². The van der Waals surface area contributed by atoms with Gasteiger partial charge in [-0.2, -0.15) is 0 Å². The lowest BCUT2D eigenvalue weighted by Gasteiger charge is -2.26. The monoisotopic (exact) mass is 340 g/mol. The average molecular weight is 341 g/mol. The van der Waals surface area contributed by atoms with Crippen molar-refractivity contribution in [1.29, 1.82) is 0 Å². The summed E-state index contributed by atoms with van der Waals surface area (Å²) in [6, 6.07) is 5.32. The van der Waals surface area contributed by atoms with Crippen LogP contribution < -0.4 is 11.3 Å². The molecule has 2 bridgehead atoms. The normalized spacial score (nSPS) is 29.9. The zero-order valence-corrected chi connectivity index (χ0v) is 13.2. The van der Waals surface area contributed by atoms with Gasteiger partial charge in [-0.1, -0.05) is 22.4 Å². The number of halogens is 2. The third kappa shape index (κ3) is 3.23. The van der Waals surface area contributed by atoms with Crippen LogP contribution in [-0.2, 0) is 6.42 Å². The molecule has 3 rings (SSSR count). The van der Waals surface area contributed by atoms with Crippen molar-refractivity contribution >= 4 is 15.9 Å². The summed E-state index contributed by atoms with van der Waals surface area (Å²) in [6.07, 6.45) is 7.53. The van der Waals surface area contributed by atoms with Gasteiger partial charge in [0, 0.05) is 10.5 Å². The Morgan fingerprint density at radius 2 is 2.15 bits per heavy atom. The quantitative estimate of drug-likeness (QED) is 0.632. The largest absolute Gasteiger partial charge is 0.271 e. The van der Waals surface area contributed by atoms with Crippen molar-refractivity contribution in [2.24, 2.45) is 23.6 Å². The SMILES string of the molecule is NNC(Cc1cc(F)cc(Br)c1)CC1CC2CCC1C2. The third-order valence-corrected chi connectivity index (χ3v) is 5.57. The maximum Gasteiger partial charge on any atom is 0.124 e. The van der Waals surface area contributed by atoms with E-state index in [-0.39, 0.29) is 11.9 Å². The van der Waals surface area contributed by atoms with Crippen LogP contribution in [0, 0.1) is 23.6 Å². The third-order valence-electron chi connectivity index (χ3n) is 5.11. The highest BCUT2D eigenvalue weighted by Crippen LogP contribution is 2.49. The van der Waals surface area contributed by atoms with Crippen LogP contribution in [0.4, 0.5) is 4.39 Å². The highest BCUT2D eigenvalue weighted by Gasteiger charge is 2.39. The molecule has 0 spiro atoms. The molecule has 1 aromatic carbocycles. The molecule has 110 valence electrons. The molecular weight excluding hydrogens is 319 g/mol. The van der Waals surface area contributed by atoms with Gasteiger partial charge in [-0.05, 0) is 73.6 Å². The number of hydrogen-bond donors (Lipinski definition) is 2. The molecule has 0 aromatic heterocycles. The van der Waals surface area contributed by atoms with Crippen LogP contribution in [0.15, 0.2) is 22.7 Å². The van der Waals surface area contributed by atoms with E-state index in [0.717, 1.165) is 40.6 Å². The Balaban J connectivity index is 1.62. The van der Waals surface area contributed by atoms with E-state index in [1.54, 1.807) is 6.07 Å². The zero-order valence-electron chi connectivity index (χ0n) is 11.6. The standard InChI is InChI=1S/C16H22BrFN2/c17-14-5-11(6-15(18)9-14)7-16(20-19)8-13-4-10-1-2-12(13)3-10/h5-6,9-10,12-13,16,20H,1-4,7-8,19H2. The van der Waals surface area contributed by atoms with Gasteiger partial charge in [0.2, 0.25) is 0 Å².